The van der Waals surface area contributed by atoms with E-state index in [-0.39, 0.29) is 6.04 Å². The zero-order valence-electron chi connectivity index (χ0n) is 10.2. The molecule has 0 radical (unpaired) electrons. The third-order valence-corrected chi connectivity index (χ3v) is 3.90. The Labute approximate surface area is 105 Å². The second-order valence-electron chi connectivity index (χ2n) is 3.73. The van der Waals surface area contributed by atoms with Crippen LogP contribution in [0.1, 0.15) is 17.8 Å². The molecule has 0 spiro atoms. The van der Waals surface area contributed by atoms with Gasteiger partial charge in [-0.3, -0.25) is 4.98 Å². The number of pyridine rings is 1. The monoisotopic (exact) mass is 248 g/mol. The van der Waals surface area contributed by atoms with Crippen molar-refractivity contribution in [1.29, 1.82) is 0 Å². The van der Waals surface area contributed by atoms with Gasteiger partial charge < -0.3 is 10.6 Å². The molecule has 1 atom stereocenters. The number of thiazole rings is 1. The lowest BCUT2D eigenvalue weighted by molar-refractivity contribution is 0.664. The van der Waals surface area contributed by atoms with E-state index < -0.39 is 0 Å². The number of nitrogens with zero attached hydrogens (tertiary/aromatic N) is 2. The highest BCUT2D eigenvalue weighted by Gasteiger charge is 2.16. The van der Waals surface area contributed by atoms with Crippen LogP contribution >= 0.6 is 11.3 Å². The van der Waals surface area contributed by atoms with Crippen LogP contribution in [-0.4, -0.2) is 24.1 Å². The Balaban J connectivity index is 2.48. The van der Waals surface area contributed by atoms with Crippen molar-refractivity contribution in [2.24, 2.45) is 0 Å². The molecule has 0 aliphatic heterocycles. The summed E-state index contributed by atoms with van der Waals surface area (Å²) in [7, 11) is 3.85. The fourth-order valence-corrected chi connectivity index (χ4v) is 2.58. The Morgan fingerprint density at radius 1 is 1.24 bits per heavy atom. The first kappa shape index (κ1) is 12.0. The quantitative estimate of drug-likeness (QED) is 0.873. The number of nitrogens with one attached hydrogen (secondary N) is 2. The van der Waals surface area contributed by atoms with Gasteiger partial charge in [0.1, 0.15) is 0 Å². The molecule has 4 nitrogen and oxygen atoms in total. The van der Waals surface area contributed by atoms with Gasteiger partial charge in [-0.15, -0.1) is 0 Å². The molecule has 0 aliphatic carbocycles. The molecular weight excluding hydrogens is 232 g/mol. The molecule has 2 aromatic heterocycles. The van der Waals surface area contributed by atoms with E-state index in [1.807, 2.05) is 26.2 Å². The number of aromatic nitrogens is 2. The normalized spacial score (nSPS) is 12.4. The molecule has 2 N–H and O–H groups in total. The summed E-state index contributed by atoms with van der Waals surface area (Å²) < 4.78 is 0. The molecule has 5 heteroatoms. The minimum Gasteiger partial charge on any atom is -0.365 e. The first-order chi connectivity index (χ1) is 8.26. The highest BCUT2D eigenvalue weighted by atomic mass is 32.1. The Bertz CT molecular complexity index is 481. The van der Waals surface area contributed by atoms with Crippen LogP contribution in [0.5, 0.6) is 0 Å². The van der Waals surface area contributed by atoms with Crippen molar-refractivity contribution in [3.8, 4) is 11.3 Å². The fraction of sp³-hybridized carbons (Fsp3) is 0.333. The van der Waals surface area contributed by atoms with Gasteiger partial charge in [0.05, 0.1) is 10.6 Å². The Morgan fingerprint density at radius 3 is 2.53 bits per heavy atom. The first-order valence-corrected chi connectivity index (χ1v) is 6.34. The van der Waals surface area contributed by atoms with Gasteiger partial charge >= 0.3 is 0 Å². The number of hydrogen-bond acceptors (Lipinski definition) is 5. The van der Waals surface area contributed by atoms with Crippen molar-refractivity contribution in [3.05, 3.63) is 29.4 Å². The fourth-order valence-electron chi connectivity index (χ4n) is 1.58. The van der Waals surface area contributed by atoms with Crippen molar-refractivity contribution in [3.63, 3.8) is 0 Å². The maximum absolute atomic E-state index is 4.61. The second kappa shape index (κ2) is 5.25. The Kier molecular flexibility index (Phi) is 3.71. The van der Waals surface area contributed by atoms with Gasteiger partial charge in [0, 0.05) is 31.0 Å². The molecule has 0 aliphatic rings. The maximum Gasteiger partial charge on any atom is 0.183 e. The first-order valence-electron chi connectivity index (χ1n) is 5.52. The average molecular weight is 248 g/mol. The molecule has 0 aromatic carbocycles. The molecule has 2 aromatic rings. The summed E-state index contributed by atoms with van der Waals surface area (Å²) in [5.74, 6) is 0. The van der Waals surface area contributed by atoms with Crippen LogP contribution in [0.3, 0.4) is 0 Å². The minimum absolute atomic E-state index is 0.290. The number of hydrogen-bond donors (Lipinski definition) is 2. The third-order valence-electron chi connectivity index (χ3n) is 2.65. The SMILES string of the molecule is CNc1nc(-c2ccncc2)c(C(C)NC)s1. The van der Waals surface area contributed by atoms with Gasteiger partial charge in [0.25, 0.3) is 0 Å². The molecule has 2 rings (SSSR count). The van der Waals surface area contributed by atoms with Gasteiger partial charge in [-0.2, -0.15) is 0 Å². The van der Waals surface area contributed by atoms with Crippen LogP contribution in [0.15, 0.2) is 24.5 Å². The zero-order chi connectivity index (χ0) is 12.3. The van der Waals surface area contributed by atoms with E-state index >= 15 is 0 Å². The average Bonchev–Trinajstić information content (AvgIpc) is 2.83. The molecular formula is C12H16N4S. The van der Waals surface area contributed by atoms with Crippen molar-refractivity contribution >= 4 is 16.5 Å². The van der Waals surface area contributed by atoms with Gasteiger partial charge in [0.15, 0.2) is 5.13 Å². The van der Waals surface area contributed by atoms with Gasteiger partial charge in [-0.05, 0) is 26.1 Å². The van der Waals surface area contributed by atoms with E-state index in [1.54, 1.807) is 23.7 Å². The Hall–Kier alpha value is -1.46. The predicted molar refractivity (Wildman–Crippen MR) is 72.4 cm³/mol. The van der Waals surface area contributed by atoms with E-state index in [0.717, 1.165) is 16.4 Å². The van der Waals surface area contributed by atoms with E-state index in [9.17, 15) is 0 Å². The van der Waals surface area contributed by atoms with Crippen molar-refractivity contribution in [2.75, 3.05) is 19.4 Å². The molecule has 17 heavy (non-hydrogen) atoms. The molecule has 0 saturated heterocycles. The summed E-state index contributed by atoms with van der Waals surface area (Å²) in [6, 6.07) is 4.26. The van der Waals surface area contributed by atoms with E-state index in [2.05, 4.69) is 27.5 Å². The predicted octanol–water partition coefficient (Wildman–Crippen LogP) is 2.53. The second-order valence-corrected chi connectivity index (χ2v) is 4.76. The molecule has 2 heterocycles. The van der Waals surface area contributed by atoms with Crippen LogP contribution in [0, 0.1) is 0 Å². The molecule has 0 bridgehead atoms. The standard InChI is InChI=1S/C12H16N4S/c1-8(13-2)11-10(16-12(14-3)17-11)9-4-6-15-7-5-9/h4-8,13H,1-3H3,(H,14,16). The van der Waals surface area contributed by atoms with Crippen LogP contribution in [0.4, 0.5) is 5.13 Å². The van der Waals surface area contributed by atoms with E-state index in [0.29, 0.717) is 0 Å². The van der Waals surface area contributed by atoms with Gasteiger partial charge in [-0.25, -0.2) is 4.98 Å². The molecule has 0 fully saturated rings. The highest BCUT2D eigenvalue weighted by molar-refractivity contribution is 7.16. The lowest BCUT2D eigenvalue weighted by atomic mass is 10.1. The van der Waals surface area contributed by atoms with Gasteiger partial charge in [-0.1, -0.05) is 11.3 Å². The van der Waals surface area contributed by atoms with Crippen LogP contribution < -0.4 is 10.6 Å². The van der Waals surface area contributed by atoms with Crippen LogP contribution in [0.25, 0.3) is 11.3 Å². The highest BCUT2D eigenvalue weighted by Crippen LogP contribution is 2.34. The maximum atomic E-state index is 4.61. The van der Waals surface area contributed by atoms with Crippen molar-refractivity contribution in [2.45, 2.75) is 13.0 Å². The van der Waals surface area contributed by atoms with Crippen molar-refractivity contribution < 1.29 is 0 Å². The number of anilines is 1. The topological polar surface area (TPSA) is 49.8 Å². The third kappa shape index (κ3) is 2.45. The molecule has 0 saturated carbocycles. The zero-order valence-corrected chi connectivity index (χ0v) is 11.0. The van der Waals surface area contributed by atoms with Gasteiger partial charge in [0.2, 0.25) is 0 Å². The smallest absolute Gasteiger partial charge is 0.183 e. The summed E-state index contributed by atoms with van der Waals surface area (Å²) in [5.41, 5.74) is 2.14. The van der Waals surface area contributed by atoms with E-state index in [4.69, 9.17) is 0 Å². The number of rotatable bonds is 4. The summed E-state index contributed by atoms with van der Waals surface area (Å²) in [6.07, 6.45) is 3.59. The lowest BCUT2D eigenvalue weighted by Crippen LogP contribution is -2.11. The molecule has 0 amide bonds. The van der Waals surface area contributed by atoms with Crippen molar-refractivity contribution in [1.82, 2.24) is 15.3 Å². The minimum atomic E-state index is 0.290. The molecule has 1 unspecified atom stereocenters. The largest absolute Gasteiger partial charge is 0.365 e. The van der Waals surface area contributed by atoms with Crippen LogP contribution in [-0.2, 0) is 0 Å². The summed E-state index contributed by atoms with van der Waals surface area (Å²) in [4.78, 5) is 9.88. The summed E-state index contributed by atoms with van der Waals surface area (Å²) >= 11 is 1.68. The summed E-state index contributed by atoms with van der Waals surface area (Å²) in [5, 5.41) is 7.30. The summed E-state index contributed by atoms with van der Waals surface area (Å²) in [6.45, 7) is 2.14. The lowest BCUT2D eigenvalue weighted by Gasteiger charge is -2.09. The van der Waals surface area contributed by atoms with E-state index in [1.165, 1.54) is 4.88 Å². The molecule has 90 valence electrons. The Morgan fingerprint density at radius 2 is 1.94 bits per heavy atom. The van der Waals surface area contributed by atoms with Crippen LogP contribution in [0.2, 0.25) is 0 Å².